The summed E-state index contributed by atoms with van der Waals surface area (Å²) in [6, 6.07) is 0.0275. The van der Waals surface area contributed by atoms with Gasteiger partial charge >= 0.3 is 0 Å². The smallest absolute Gasteiger partial charge is 0.275 e. The molecule has 0 radical (unpaired) electrons. The molecule has 118 valence electrons. The Labute approximate surface area is 134 Å². The number of amides is 2. The molecule has 1 aromatic rings. The van der Waals surface area contributed by atoms with E-state index in [0.717, 1.165) is 31.0 Å². The standard InChI is InChI=1S/C12H19N5O2S.ClH/c13-5-4-11(18)14-7-9-3-1-2-6-17(9)12(19)10-8-15-20-16-10;/h8-9H,1-7,13H2,(H,14,18);1H. The normalized spacial score (nSPS) is 18.0. The first kappa shape index (κ1) is 17.8. The molecule has 7 nitrogen and oxygen atoms in total. The number of hydrogen-bond donors (Lipinski definition) is 2. The molecule has 0 aliphatic carbocycles. The lowest BCUT2D eigenvalue weighted by atomic mass is 10.0. The second-order valence-corrected chi connectivity index (χ2v) is 5.34. The van der Waals surface area contributed by atoms with E-state index in [1.165, 1.54) is 6.20 Å². The van der Waals surface area contributed by atoms with Crippen LogP contribution in [0.25, 0.3) is 0 Å². The minimum Gasteiger partial charge on any atom is -0.354 e. The number of nitrogens with one attached hydrogen (secondary N) is 1. The molecule has 1 aromatic heterocycles. The molecule has 1 saturated heterocycles. The van der Waals surface area contributed by atoms with Crippen molar-refractivity contribution in [3.05, 3.63) is 11.9 Å². The first-order valence-electron chi connectivity index (χ1n) is 6.77. The van der Waals surface area contributed by atoms with Crippen LogP contribution in [-0.2, 0) is 4.79 Å². The van der Waals surface area contributed by atoms with Crippen molar-refractivity contribution in [2.75, 3.05) is 19.6 Å². The molecule has 21 heavy (non-hydrogen) atoms. The van der Waals surface area contributed by atoms with Crippen LogP contribution in [0.4, 0.5) is 0 Å². The van der Waals surface area contributed by atoms with Crippen LogP contribution in [0.3, 0.4) is 0 Å². The fourth-order valence-electron chi connectivity index (χ4n) is 2.34. The van der Waals surface area contributed by atoms with E-state index >= 15 is 0 Å². The maximum absolute atomic E-state index is 12.3. The van der Waals surface area contributed by atoms with Gasteiger partial charge in [0.1, 0.15) is 0 Å². The minimum absolute atomic E-state index is 0. The second kappa shape index (κ2) is 8.91. The summed E-state index contributed by atoms with van der Waals surface area (Å²) < 4.78 is 7.85. The molecular formula is C12H20ClN5O2S. The zero-order chi connectivity index (χ0) is 14.4. The van der Waals surface area contributed by atoms with Crippen molar-refractivity contribution in [2.24, 2.45) is 5.73 Å². The van der Waals surface area contributed by atoms with E-state index in [1.54, 1.807) is 4.90 Å². The summed E-state index contributed by atoms with van der Waals surface area (Å²) >= 11 is 1.03. The van der Waals surface area contributed by atoms with Gasteiger partial charge in [0.05, 0.1) is 17.9 Å². The van der Waals surface area contributed by atoms with Crippen molar-refractivity contribution in [3.63, 3.8) is 0 Å². The number of nitrogens with zero attached hydrogens (tertiary/aromatic N) is 3. The van der Waals surface area contributed by atoms with E-state index in [9.17, 15) is 9.59 Å². The van der Waals surface area contributed by atoms with Crippen molar-refractivity contribution in [1.29, 1.82) is 0 Å². The maximum atomic E-state index is 12.3. The highest BCUT2D eigenvalue weighted by molar-refractivity contribution is 6.99. The summed E-state index contributed by atoms with van der Waals surface area (Å²) in [6.45, 7) is 1.51. The summed E-state index contributed by atoms with van der Waals surface area (Å²) in [6.07, 6.45) is 4.75. The van der Waals surface area contributed by atoms with Crippen molar-refractivity contribution in [1.82, 2.24) is 19.0 Å². The van der Waals surface area contributed by atoms with Crippen LogP contribution >= 0.6 is 24.1 Å². The van der Waals surface area contributed by atoms with Gasteiger partial charge in [-0.15, -0.1) is 12.4 Å². The lowest BCUT2D eigenvalue weighted by Crippen LogP contribution is -2.49. The molecule has 0 spiro atoms. The molecule has 2 heterocycles. The lowest BCUT2D eigenvalue weighted by Gasteiger charge is -2.35. The van der Waals surface area contributed by atoms with Gasteiger partial charge in [-0.2, -0.15) is 8.75 Å². The largest absolute Gasteiger partial charge is 0.354 e. The maximum Gasteiger partial charge on any atom is 0.275 e. The Hall–Kier alpha value is -1.25. The molecule has 3 N–H and O–H groups in total. The third-order valence-corrected chi connectivity index (χ3v) is 3.85. The van der Waals surface area contributed by atoms with Crippen LogP contribution in [0, 0.1) is 0 Å². The average Bonchev–Trinajstić information content (AvgIpc) is 2.99. The predicted octanol–water partition coefficient (Wildman–Crippen LogP) is 0.420. The highest BCUT2D eigenvalue weighted by Crippen LogP contribution is 2.18. The SMILES string of the molecule is Cl.NCCC(=O)NCC1CCCCN1C(=O)c1cnsn1. The van der Waals surface area contributed by atoms with E-state index in [-0.39, 0.29) is 30.3 Å². The molecule has 0 aromatic carbocycles. The number of aromatic nitrogens is 2. The molecular weight excluding hydrogens is 314 g/mol. The number of rotatable bonds is 5. The van der Waals surface area contributed by atoms with Gasteiger partial charge in [-0.1, -0.05) is 0 Å². The first-order chi connectivity index (χ1) is 9.72. The lowest BCUT2D eigenvalue weighted by molar-refractivity contribution is -0.121. The molecule has 2 amide bonds. The fourth-order valence-corrected chi connectivity index (χ4v) is 2.74. The Balaban J connectivity index is 0.00000220. The highest BCUT2D eigenvalue weighted by atomic mass is 35.5. The van der Waals surface area contributed by atoms with Gasteiger partial charge in [-0.3, -0.25) is 9.59 Å². The highest BCUT2D eigenvalue weighted by Gasteiger charge is 2.28. The number of likely N-dealkylation sites (tertiary alicyclic amines) is 1. The van der Waals surface area contributed by atoms with Crippen molar-refractivity contribution >= 4 is 35.9 Å². The van der Waals surface area contributed by atoms with Crippen LogP contribution < -0.4 is 11.1 Å². The van der Waals surface area contributed by atoms with E-state index in [1.807, 2.05) is 0 Å². The predicted molar refractivity (Wildman–Crippen MR) is 82.5 cm³/mol. The third-order valence-electron chi connectivity index (χ3n) is 3.37. The van der Waals surface area contributed by atoms with E-state index < -0.39 is 0 Å². The van der Waals surface area contributed by atoms with Gasteiger partial charge in [-0.25, -0.2) is 0 Å². The van der Waals surface area contributed by atoms with Crippen molar-refractivity contribution in [2.45, 2.75) is 31.7 Å². The number of piperidine rings is 1. The van der Waals surface area contributed by atoms with Crippen molar-refractivity contribution in [3.8, 4) is 0 Å². The number of carbonyl (C=O) groups excluding carboxylic acids is 2. The van der Waals surface area contributed by atoms with E-state index in [2.05, 4.69) is 14.1 Å². The van der Waals surface area contributed by atoms with Crippen LogP contribution in [-0.4, -0.2) is 51.1 Å². The van der Waals surface area contributed by atoms with Gasteiger partial charge < -0.3 is 16.0 Å². The molecule has 2 rings (SSSR count). The third kappa shape index (κ3) is 4.90. The van der Waals surface area contributed by atoms with Gasteiger partial charge in [-0.05, 0) is 19.3 Å². The topological polar surface area (TPSA) is 101 Å². The van der Waals surface area contributed by atoms with Gasteiger partial charge in [0.15, 0.2) is 5.69 Å². The minimum atomic E-state index is -0.100. The Morgan fingerprint density at radius 2 is 2.29 bits per heavy atom. The van der Waals surface area contributed by atoms with Gasteiger partial charge in [0.2, 0.25) is 5.91 Å². The summed E-state index contributed by atoms with van der Waals surface area (Å²) in [7, 11) is 0. The molecule has 0 saturated carbocycles. The Kier molecular flexibility index (Phi) is 7.55. The molecule has 9 heteroatoms. The number of halogens is 1. The molecule has 1 fully saturated rings. The van der Waals surface area contributed by atoms with Crippen LogP contribution in [0.1, 0.15) is 36.2 Å². The Bertz CT molecular complexity index is 457. The number of nitrogens with two attached hydrogens (primary N) is 1. The monoisotopic (exact) mass is 333 g/mol. The molecule has 0 bridgehead atoms. The van der Waals surface area contributed by atoms with E-state index in [0.29, 0.717) is 31.7 Å². The molecule has 1 unspecified atom stereocenters. The van der Waals surface area contributed by atoms with Crippen LogP contribution in [0.2, 0.25) is 0 Å². The van der Waals surface area contributed by atoms with Gasteiger partial charge in [0.25, 0.3) is 5.91 Å². The number of carbonyl (C=O) groups is 2. The zero-order valence-corrected chi connectivity index (χ0v) is 13.3. The van der Waals surface area contributed by atoms with E-state index in [4.69, 9.17) is 5.73 Å². The summed E-state index contributed by atoms with van der Waals surface area (Å²) in [5.74, 6) is -0.169. The number of hydrogen-bond acceptors (Lipinski definition) is 6. The summed E-state index contributed by atoms with van der Waals surface area (Å²) in [5.41, 5.74) is 5.72. The quantitative estimate of drug-likeness (QED) is 0.813. The summed E-state index contributed by atoms with van der Waals surface area (Å²) in [4.78, 5) is 25.6. The first-order valence-corrected chi connectivity index (χ1v) is 7.50. The molecule has 1 atom stereocenters. The molecule has 1 aliphatic rings. The van der Waals surface area contributed by atoms with Gasteiger partial charge in [0, 0.05) is 32.1 Å². The molecule has 1 aliphatic heterocycles. The van der Waals surface area contributed by atoms with Crippen LogP contribution in [0.15, 0.2) is 6.20 Å². The fraction of sp³-hybridized carbons (Fsp3) is 0.667. The zero-order valence-electron chi connectivity index (χ0n) is 11.7. The Morgan fingerprint density at radius 1 is 1.48 bits per heavy atom. The summed E-state index contributed by atoms with van der Waals surface area (Å²) in [5, 5.41) is 2.84. The second-order valence-electron chi connectivity index (χ2n) is 4.78. The average molecular weight is 334 g/mol. The van der Waals surface area contributed by atoms with Crippen molar-refractivity contribution < 1.29 is 9.59 Å². The van der Waals surface area contributed by atoms with Crippen LogP contribution in [0.5, 0.6) is 0 Å². The Morgan fingerprint density at radius 3 is 2.95 bits per heavy atom.